The van der Waals surface area contributed by atoms with Crippen molar-refractivity contribution in [1.29, 1.82) is 0 Å². The largest absolute Gasteiger partial charge is 0.479 e. The number of carboxylic acid groups (broad SMARTS) is 1. The van der Waals surface area contributed by atoms with Gasteiger partial charge in [0, 0.05) is 7.11 Å². The van der Waals surface area contributed by atoms with Gasteiger partial charge >= 0.3 is 12.1 Å². The normalized spacial score (nSPS) is 12.8. The maximum atomic E-state index is 13.4. The Kier molecular flexibility index (Phi) is 5.25. The molecule has 2 N–H and O–H groups in total. The van der Waals surface area contributed by atoms with E-state index in [0.29, 0.717) is 18.2 Å². The fraction of sp³-hybridized carbons (Fsp3) is 0.333. The van der Waals surface area contributed by atoms with Crippen molar-refractivity contribution in [2.75, 3.05) is 13.7 Å². The number of methoxy groups -OCH3 is 1. The number of aliphatic carboxylic acids is 1. The maximum absolute atomic E-state index is 13.4. The highest BCUT2D eigenvalue weighted by Crippen LogP contribution is 2.30. The van der Waals surface area contributed by atoms with Crippen LogP contribution in [-0.4, -0.2) is 36.7 Å². The molecule has 1 atom stereocenters. The molecular weight excluding hydrogens is 298 g/mol. The predicted octanol–water partition coefficient (Wildman–Crippen LogP) is 1.67. The van der Waals surface area contributed by atoms with Crippen LogP contribution >= 0.6 is 0 Å². The average molecular weight is 309 g/mol. The lowest BCUT2D eigenvalue weighted by Gasteiger charge is -2.13. The minimum atomic E-state index is -4.72. The zero-order chi connectivity index (χ0) is 16.2. The highest BCUT2D eigenvalue weighted by atomic mass is 19.4. The van der Waals surface area contributed by atoms with Gasteiger partial charge in [-0.05, 0) is 18.2 Å². The monoisotopic (exact) mass is 309 g/mol. The first-order valence-corrected chi connectivity index (χ1v) is 5.57. The summed E-state index contributed by atoms with van der Waals surface area (Å²) in [7, 11) is 1.08. The summed E-state index contributed by atoms with van der Waals surface area (Å²) in [6, 6.07) is 1.37. The van der Waals surface area contributed by atoms with Gasteiger partial charge in [0.2, 0.25) is 0 Å². The lowest BCUT2D eigenvalue weighted by atomic mass is 10.1. The fourth-order valence-corrected chi connectivity index (χ4v) is 1.43. The molecule has 21 heavy (non-hydrogen) atoms. The van der Waals surface area contributed by atoms with Gasteiger partial charge in [-0.3, -0.25) is 4.79 Å². The van der Waals surface area contributed by atoms with Crippen LogP contribution in [0.5, 0.6) is 0 Å². The Hall–Kier alpha value is -2.16. The Bertz CT molecular complexity index is 545. The first kappa shape index (κ1) is 16.9. The van der Waals surface area contributed by atoms with E-state index in [2.05, 4.69) is 4.74 Å². The summed E-state index contributed by atoms with van der Waals surface area (Å²) in [6.45, 7) is -0.514. The number of carbonyl (C=O) groups excluding carboxylic acids is 1. The lowest BCUT2D eigenvalue weighted by Crippen LogP contribution is -2.38. The van der Waals surface area contributed by atoms with Gasteiger partial charge in [-0.25, -0.2) is 9.18 Å². The number of ether oxygens (including phenoxy) is 1. The molecule has 9 heteroatoms. The summed E-state index contributed by atoms with van der Waals surface area (Å²) in [6.07, 6.45) is -6.11. The molecule has 0 saturated carbocycles. The molecule has 0 radical (unpaired) electrons. The van der Waals surface area contributed by atoms with Crippen LogP contribution in [-0.2, 0) is 15.7 Å². The molecule has 1 aromatic carbocycles. The summed E-state index contributed by atoms with van der Waals surface area (Å²) in [5, 5.41) is 10.7. The molecule has 0 spiro atoms. The van der Waals surface area contributed by atoms with Gasteiger partial charge in [0.25, 0.3) is 5.91 Å². The Morgan fingerprint density at radius 2 is 2.00 bits per heavy atom. The van der Waals surface area contributed by atoms with Crippen molar-refractivity contribution >= 4 is 11.9 Å². The molecule has 1 aromatic rings. The Morgan fingerprint density at radius 1 is 1.38 bits per heavy atom. The van der Waals surface area contributed by atoms with E-state index in [1.54, 1.807) is 0 Å². The summed E-state index contributed by atoms with van der Waals surface area (Å²) in [4.78, 5) is 22.3. The smallest absolute Gasteiger partial charge is 0.416 e. The second kappa shape index (κ2) is 6.53. The molecule has 0 heterocycles. The molecular formula is C12H11F4NO4. The first-order valence-electron chi connectivity index (χ1n) is 5.57. The van der Waals surface area contributed by atoms with Crippen LogP contribution in [0.25, 0.3) is 0 Å². The molecule has 0 saturated heterocycles. The minimum Gasteiger partial charge on any atom is -0.479 e. The summed E-state index contributed by atoms with van der Waals surface area (Å²) < 4.78 is 55.4. The molecule has 0 aromatic heterocycles. The quantitative estimate of drug-likeness (QED) is 0.811. The number of rotatable bonds is 5. The number of carboxylic acids is 1. The number of alkyl halides is 3. The summed E-state index contributed by atoms with van der Waals surface area (Å²) in [5.74, 6) is -3.69. The third-order valence-electron chi connectivity index (χ3n) is 2.55. The van der Waals surface area contributed by atoms with E-state index in [0.717, 1.165) is 7.11 Å². The van der Waals surface area contributed by atoms with Crippen LogP contribution in [0.4, 0.5) is 17.6 Å². The van der Waals surface area contributed by atoms with Crippen LogP contribution in [0.2, 0.25) is 0 Å². The maximum Gasteiger partial charge on any atom is 0.416 e. The van der Waals surface area contributed by atoms with Crippen molar-refractivity contribution in [2.45, 2.75) is 12.3 Å². The van der Waals surface area contributed by atoms with Gasteiger partial charge in [0.05, 0.1) is 17.7 Å². The Morgan fingerprint density at radius 3 is 2.48 bits per heavy atom. The molecule has 1 unspecified atom stereocenters. The van der Waals surface area contributed by atoms with Crippen molar-refractivity contribution in [1.82, 2.24) is 5.32 Å². The SMILES string of the molecule is COC(CNC(=O)c1cc(C(F)(F)F)ccc1F)C(=O)O. The van der Waals surface area contributed by atoms with Crippen LogP contribution < -0.4 is 5.32 Å². The molecule has 0 bridgehead atoms. The number of halogens is 4. The van der Waals surface area contributed by atoms with Gasteiger partial charge in [0.1, 0.15) is 5.82 Å². The zero-order valence-electron chi connectivity index (χ0n) is 10.7. The van der Waals surface area contributed by atoms with Gasteiger partial charge in [0.15, 0.2) is 6.10 Å². The molecule has 1 rings (SSSR count). The van der Waals surface area contributed by atoms with E-state index in [-0.39, 0.29) is 0 Å². The molecule has 0 aliphatic heterocycles. The third-order valence-corrected chi connectivity index (χ3v) is 2.55. The van der Waals surface area contributed by atoms with Crippen LogP contribution in [0, 0.1) is 5.82 Å². The topological polar surface area (TPSA) is 75.6 Å². The molecule has 5 nitrogen and oxygen atoms in total. The second-order valence-corrected chi connectivity index (χ2v) is 3.96. The molecule has 0 fully saturated rings. The molecule has 116 valence electrons. The van der Waals surface area contributed by atoms with Crippen molar-refractivity contribution < 1.29 is 37.0 Å². The van der Waals surface area contributed by atoms with Crippen LogP contribution in [0.15, 0.2) is 18.2 Å². The van der Waals surface area contributed by atoms with Crippen molar-refractivity contribution in [3.05, 3.63) is 35.1 Å². The third kappa shape index (κ3) is 4.42. The van der Waals surface area contributed by atoms with Crippen molar-refractivity contribution in [3.8, 4) is 0 Å². The first-order chi connectivity index (χ1) is 9.66. The van der Waals surface area contributed by atoms with Gasteiger partial charge < -0.3 is 15.2 Å². The lowest BCUT2D eigenvalue weighted by molar-refractivity contribution is -0.148. The summed E-state index contributed by atoms with van der Waals surface area (Å²) in [5.41, 5.74) is -2.01. The van der Waals surface area contributed by atoms with Gasteiger partial charge in [-0.15, -0.1) is 0 Å². The van der Waals surface area contributed by atoms with Crippen molar-refractivity contribution in [3.63, 3.8) is 0 Å². The number of benzene rings is 1. The van der Waals surface area contributed by atoms with Gasteiger partial charge in [-0.1, -0.05) is 0 Å². The molecule has 0 aliphatic carbocycles. The van der Waals surface area contributed by atoms with Gasteiger partial charge in [-0.2, -0.15) is 13.2 Å². The number of amides is 1. The van der Waals surface area contributed by atoms with Crippen molar-refractivity contribution in [2.24, 2.45) is 0 Å². The second-order valence-electron chi connectivity index (χ2n) is 3.96. The Balaban J connectivity index is 2.90. The van der Waals surface area contributed by atoms with Crippen LogP contribution in [0.3, 0.4) is 0 Å². The highest BCUT2D eigenvalue weighted by molar-refractivity contribution is 5.95. The molecule has 0 aliphatic rings. The standard InChI is InChI=1S/C12H11F4NO4/c1-21-9(11(19)20)5-17-10(18)7-4-6(12(14,15)16)2-3-8(7)13/h2-4,9H,5H2,1H3,(H,17,18)(H,19,20). The Labute approximate surface area is 116 Å². The predicted molar refractivity (Wildman–Crippen MR) is 62.2 cm³/mol. The van der Waals surface area contributed by atoms with E-state index in [1.807, 2.05) is 5.32 Å². The molecule has 1 amide bonds. The fourth-order valence-electron chi connectivity index (χ4n) is 1.43. The number of hydrogen-bond acceptors (Lipinski definition) is 3. The minimum absolute atomic E-state index is 0.354. The summed E-state index contributed by atoms with van der Waals surface area (Å²) >= 11 is 0. The van der Waals surface area contributed by atoms with E-state index < -0.39 is 47.6 Å². The van der Waals surface area contributed by atoms with Crippen LogP contribution in [0.1, 0.15) is 15.9 Å². The average Bonchev–Trinajstić information content (AvgIpc) is 2.37. The van der Waals surface area contributed by atoms with E-state index in [9.17, 15) is 27.2 Å². The highest BCUT2D eigenvalue weighted by Gasteiger charge is 2.32. The number of carbonyl (C=O) groups is 2. The van der Waals surface area contributed by atoms with E-state index in [1.165, 1.54) is 0 Å². The number of hydrogen-bond donors (Lipinski definition) is 2. The van der Waals surface area contributed by atoms with E-state index in [4.69, 9.17) is 5.11 Å². The van der Waals surface area contributed by atoms with E-state index >= 15 is 0 Å². The number of nitrogens with one attached hydrogen (secondary N) is 1. The zero-order valence-corrected chi connectivity index (χ0v) is 10.7.